The lowest BCUT2D eigenvalue weighted by Crippen LogP contribution is -2.55. The van der Waals surface area contributed by atoms with Gasteiger partial charge in [0.05, 0.1) is 25.3 Å². The zero-order valence-corrected chi connectivity index (χ0v) is 33.2. The summed E-state index contributed by atoms with van der Waals surface area (Å²) >= 11 is 0. The van der Waals surface area contributed by atoms with Crippen LogP contribution in [0.25, 0.3) is 0 Å². The number of ketones is 1. The van der Waals surface area contributed by atoms with Gasteiger partial charge in [-0.25, -0.2) is 22.8 Å². The van der Waals surface area contributed by atoms with Gasteiger partial charge in [0.25, 0.3) is 0 Å². The van der Waals surface area contributed by atoms with Gasteiger partial charge in [-0.3, -0.25) is 14.5 Å². The number of carbonyl (C=O) groups excluding carboxylic acids is 4. The standard InChI is InChI=1S/C43H53F3N2O8/c1-8-10-37(50)54-26-32-25-53-33(24-48(32)41(52)56-43(5,6)7)21-22-34-29(11-9-12-35(34)46)23-36(49)39(47-40(51)55-42(2,3)4)38(27-13-17-30(44)18-14-27)28-15-19-31(45)20-16-28/h9,11-20,32-33,38-39H,8,10,21-26H2,1-7H3,(H,47,51)/t32-,33+,39+/m0/s1. The molecule has 1 heterocycles. The molecule has 3 atom stereocenters. The van der Waals surface area contributed by atoms with Crippen molar-refractivity contribution in [1.29, 1.82) is 0 Å². The molecule has 1 N–H and O–H groups in total. The number of nitrogens with zero attached hydrogens (tertiary/aromatic N) is 1. The summed E-state index contributed by atoms with van der Waals surface area (Å²) in [6.45, 7) is 12.2. The Morgan fingerprint density at radius 3 is 2.00 bits per heavy atom. The molecule has 0 aromatic heterocycles. The van der Waals surface area contributed by atoms with Crippen molar-refractivity contribution < 1.29 is 51.3 Å². The Balaban J connectivity index is 1.60. The van der Waals surface area contributed by atoms with Crippen molar-refractivity contribution >= 4 is 23.9 Å². The third kappa shape index (κ3) is 13.1. The number of halogens is 3. The maximum Gasteiger partial charge on any atom is 0.410 e. The zero-order valence-electron chi connectivity index (χ0n) is 33.2. The zero-order chi connectivity index (χ0) is 41.2. The monoisotopic (exact) mass is 782 g/mol. The molecule has 10 nitrogen and oxygen atoms in total. The van der Waals surface area contributed by atoms with E-state index in [9.17, 15) is 28.0 Å². The van der Waals surface area contributed by atoms with Crippen LogP contribution in [0, 0.1) is 17.5 Å². The highest BCUT2D eigenvalue weighted by Crippen LogP contribution is 2.31. The third-order valence-corrected chi connectivity index (χ3v) is 8.99. The van der Waals surface area contributed by atoms with Gasteiger partial charge >= 0.3 is 18.2 Å². The van der Waals surface area contributed by atoms with Crippen molar-refractivity contribution in [1.82, 2.24) is 10.2 Å². The van der Waals surface area contributed by atoms with Crippen molar-refractivity contribution in [3.8, 4) is 0 Å². The van der Waals surface area contributed by atoms with Crippen LogP contribution in [0.2, 0.25) is 0 Å². The topological polar surface area (TPSA) is 120 Å². The second-order valence-corrected chi connectivity index (χ2v) is 15.9. The minimum atomic E-state index is -1.30. The molecule has 0 spiro atoms. The van der Waals surface area contributed by atoms with E-state index in [2.05, 4.69) is 5.32 Å². The number of Topliss-reactive ketones (excluding diaryl/α,β-unsaturated/α-hetero) is 1. The Labute approximate surface area is 327 Å². The van der Waals surface area contributed by atoms with Gasteiger partial charge in [-0.05, 0) is 113 Å². The Morgan fingerprint density at radius 2 is 1.45 bits per heavy atom. The van der Waals surface area contributed by atoms with Gasteiger partial charge < -0.3 is 24.3 Å². The summed E-state index contributed by atoms with van der Waals surface area (Å²) in [5.74, 6) is -3.38. The lowest BCUT2D eigenvalue weighted by atomic mass is 9.81. The van der Waals surface area contributed by atoms with Crippen LogP contribution in [0.5, 0.6) is 0 Å². The lowest BCUT2D eigenvalue weighted by Gasteiger charge is -2.40. The number of hydrogen-bond acceptors (Lipinski definition) is 8. The van der Waals surface area contributed by atoms with Crippen LogP contribution < -0.4 is 5.32 Å². The molecule has 2 amide bonds. The molecule has 1 aliphatic heterocycles. The fourth-order valence-corrected chi connectivity index (χ4v) is 6.43. The van der Waals surface area contributed by atoms with E-state index in [0.29, 0.717) is 23.1 Å². The molecular weight excluding hydrogens is 729 g/mol. The Morgan fingerprint density at radius 1 is 0.857 bits per heavy atom. The van der Waals surface area contributed by atoms with E-state index in [1.807, 2.05) is 6.92 Å². The smallest absolute Gasteiger partial charge is 0.410 e. The number of hydrogen-bond donors (Lipinski definition) is 1. The third-order valence-electron chi connectivity index (χ3n) is 8.99. The van der Waals surface area contributed by atoms with E-state index in [1.165, 1.54) is 65.6 Å². The molecule has 3 aromatic carbocycles. The van der Waals surface area contributed by atoms with Crippen molar-refractivity contribution in [3.63, 3.8) is 0 Å². The van der Waals surface area contributed by atoms with Crippen LogP contribution in [0.3, 0.4) is 0 Å². The fourth-order valence-electron chi connectivity index (χ4n) is 6.43. The summed E-state index contributed by atoms with van der Waals surface area (Å²) in [5.41, 5.74) is -0.146. The minimum Gasteiger partial charge on any atom is -0.463 e. The van der Waals surface area contributed by atoms with Gasteiger partial charge in [0.2, 0.25) is 0 Å². The quantitative estimate of drug-likeness (QED) is 0.128. The predicted molar refractivity (Wildman–Crippen MR) is 204 cm³/mol. The summed E-state index contributed by atoms with van der Waals surface area (Å²) in [4.78, 5) is 54.6. The van der Waals surface area contributed by atoms with E-state index in [-0.39, 0.29) is 57.0 Å². The van der Waals surface area contributed by atoms with Crippen LogP contribution in [0.1, 0.15) is 95.9 Å². The summed E-state index contributed by atoms with van der Waals surface area (Å²) < 4.78 is 66.5. The fraction of sp³-hybridized carbons (Fsp3) is 0.488. The molecular formula is C43H53F3N2O8. The number of carbonyl (C=O) groups is 4. The Hall–Kier alpha value is -4.91. The highest BCUT2D eigenvalue weighted by atomic mass is 19.1. The van der Waals surface area contributed by atoms with E-state index >= 15 is 4.39 Å². The summed E-state index contributed by atoms with van der Waals surface area (Å²) in [5, 5.41) is 2.70. The Bertz CT molecular complexity index is 1760. The molecule has 1 aliphatic rings. The number of benzene rings is 3. The van der Waals surface area contributed by atoms with Crippen LogP contribution in [-0.4, -0.2) is 78.0 Å². The molecule has 56 heavy (non-hydrogen) atoms. The molecule has 1 saturated heterocycles. The number of nitrogens with one attached hydrogen (secondary N) is 1. The minimum absolute atomic E-state index is 0.0537. The van der Waals surface area contributed by atoms with Gasteiger partial charge in [0.1, 0.15) is 41.3 Å². The molecule has 4 rings (SSSR count). The Kier molecular flexibility index (Phi) is 15.1. The highest BCUT2D eigenvalue weighted by Gasteiger charge is 2.37. The predicted octanol–water partition coefficient (Wildman–Crippen LogP) is 8.22. The van der Waals surface area contributed by atoms with Crippen molar-refractivity contribution in [2.24, 2.45) is 0 Å². The first kappa shape index (κ1) is 43.8. The van der Waals surface area contributed by atoms with Crippen LogP contribution in [0.4, 0.5) is 22.8 Å². The van der Waals surface area contributed by atoms with E-state index < -0.39 is 70.7 Å². The van der Waals surface area contributed by atoms with Gasteiger partial charge in [-0.2, -0.15) is 0 Å². The van der Waals surface area contributed by atoms with Crippen LogP contribution in [-0.2, 0) is 41.4 Å². The van der Waals surface area contributed by atoms with Gasteiger partial charge in [-0.15, -0.1) is 0 Å². The van der Waals surface area contributed by atoms with Gasteiger partial charge in [-0.1, -0.05) is 43.3 Å². The number of ether oxygens (including phenoxy) is 4. The molecule has 0 bridgehead atoms. The number of alkyl carbamates (subject to hydrolysis) is 1. The lowest BCUT2D eigenvalue weighted by molar-refractivity contribution is -0.149. The van der Waals surface area contributed by atoms with E-state index in [4.69, 9.17) is 18.9 Å². The molecule has 0 radical (unpaired) electrons. The maximum absolute atomic E-state index is 15.7. The van der Waals surface area contributed by atoms with Gasteiger partial charge in [0.15, 0.2) is 5.78 Å². The molecule has 304 valence electrons. The van der Waals surface area contributed by atoms with E-state index in [0.717, 1.165) is 0 Å². The first-order valence-electron chi connectivity index (χ1n) is 18.9. The summed E-state index contributed by atoms with van der Waals surface area (Å²) in [6.07, 6.45) is -1.09. The normalized spacial score (nSPS) is 16.6. The summed E-state index contributed by atoms with van der Waals surface area (Å²) in [6, 6.07) is 13.4. The van der Waals surface area contributed by atoms with Crippen molar-refractivity contribution in [2.75, 3.05) is 19.8 Å². The van der Waals surface area contributed by atoms with Crippen LogP contribution >= 0.6 is 0 Å². The first-order chi connectivity index (χ1) is 26.3. The molecule has 3 aromatic rings. The van der Waals surface area contributed by atoms with Crippen molar-refractivity contribution in [3.05, 3.63) is 106 Å². The summed E-state index contributed by atoms with van der Waals surface area (Å²) in [7, 11) is 0. The molecule has 0 unspecified atom stereocenters. The molecule has 13 heteroatoms. The second-order valence-electron chi connectivity index (χ2n) is 15.9. The average molecular weight is 783 g/mol. The molecule has 1 fully saturated rings. The second kappa shape index (κ2) is 19.3. The maximum atomic E-state index is 15.7. The molecule has 0 saturated carbocycles. The highest BCUT2D eigenvalue weighted by molar-refractivity contribution is 5.91. The number of morpholine rings is 1. The van der Waals surface area contributed by atoms with E-state index in [1.54, 1.807) is 47.6 Å². The average Bonchev–Trinajstić information content (AvgIpc) is 3.10. The van der Waals surface area contributed by atoms with Crippen molar-refractivity contribution in [2.45, 2.75) is 116 Å². The largest absolute Gasteiger partial charge is 0.463 e. The number of amides is 2. The first-order valence-corrected chi connectivity index (χ1v) is 18.9. The SMILES string of the molecule is CCCC(=O)OC[C@@H]1CO[C@H](CCc2c(F)cccc2CC(=O)[C@@H](NC(=O)OC(C)(C)C)C(c2ccc(F)cc2)c2ccc(F)cc2)CN1C(=O)OC(C)(C)C. The van der Waals surface area contributed by atoms with Gasteiger partial charge in [0, 0.05) is 18.8 Å². The number of rotatable bonds is 14. The number of esters is 1. The molecule has 0 aliphatic carbocycles. The van der Waals surface area contributed by atoms with Crippen LogP contribution in [0.15, 0.2) is 66.7 Å².